The normalized spacial score (nSPS) is 12.8. The lowest BCUT2D eigenvalue weighted by Gasteiger charge is -2.07. The quantitative estimate of drug-likeness (QED) is 0.785. The molecule has 3 rings (SSSR count). The molecule has 6 heteroatoms. The molecule has 1 unspecified atom stereocenters. The average molecular weight is 259 g/mol. The van der Waals surface area contributed by atoms with E-state index in [4.69, 9.17) is 0 Å². The molecule has 1 N–H and O–H groups in total. The number of anilines is 1. The van der Waals surface area contributed by atoms with Crippen LogP contribution in [0.4, 0.5) is 5.95 Å². The molecule has 3 aromatic rings. The predicted molar refractivity (Wildman–Crippen MR) is 71.9 cm³/mol. The molecule has 0 aliphatic carbocycles. The zero-order valence-electron chi connectivity index (χ0n) is 10.2. The highest BCUT2D eigenvalue weighted by molar-refractivity contribution is 7.09. The lowest BCUT2D eigenvalue weighted by atomic mass is 10.3. The van der Waals surface area contributed by atoms with Crippen LogP contribution in [-0.2, 0) is 0 Å². The molecule has 3 heterocycles. The summed E-state index contributed by atoms with van der Waals surface area (Å²) in [6.45, 7) is 4.09. The van der Waals surface area contributed by atoms with Crippen LogP contribution < -0.4 is 5.32 Å². The third kappa shape index (κ3) is 2.06. The van der Waals surface area contributed by atoms with E-state index in [9.17, 15) is 0 Å². The van der Waals surface area contributed by atoms with Crippen molar-refractivity contribution in [3.63, 3.8) is 0 Å². The van der Waals surface area contributed by atoms with Gasteiger partial charge in [-0.2, -0.15) is 4.98 Å². The minimum absolute atomic E-state index is 0.114. The Kier molecular flexibility index (Phi) is 2.71. The second-order valence-corrected chi connectivity index (χ2v) is 5.11. The topological polar surface area (TPSA) is 55.1 Å². The Bertz CT molecular complexity index is 658. The summed E-state index contributed by atoms with van der Waals surface area (Å²) in [6, 6.07) is 4.10. The van der Waals surface area contributed by atoms with Crippen LogP contribution in [0.2, 0.25) is 0 Å². The Labute approximate surface area is 109 Å². The molecule has 0 radical (unpaired) electrons. The highest BCUT2D eigenvalue weighted by Crippen LogP contribution is 2.19. The number of pyridine rings is 1. The first-order valence-electron chi connectivity index (χ1n) is 5.71. The van der Waals surface area contributed by atoms with Gasteiger partial charge in [0.25, 0.3) is 0 Å². The fraction of sp³-hybridized carbons (Fsp3) is 0.250. The smallest absolute Gasteiger partial charge is 0.243 e. The van der Waals surface area contributed by atoms with Gasteiger partial charge in [-0.15, -0.1) is 16.4 Å². The lowest BCUT2D eigenvalue weighted by molar-refractivity contribution is 0.841. The third-order valence-electron chi connectivity index (χ3n) is 2.65. The Hall–Kier alpha value is -1.95. The first-order chi connectivity index (χ1) is 8.72. The first kappa shape index (κ1) is 11.2. The number of aryl methyl sites for hydroxylation is 1. The second kappa shape index (κ2) is 4.38. The highest BCUT2D eigenvalue weighted by atomic mass is 32.1. The van der Waals surface area contributed by atoms with E-state index < -0.39 is 0 Å². The fourth-order valence-electron chi connectivity index (χ4n) is 1.75. The molecule has 5 nitrogen and oxygen atoms in total. The van der Waals surface area contributed by atoms with E-state index in [0.717, 1.165) is 16.2 Å². The predicted octanol–water partition coefficient (Wildman–Crippen LogP) is 2.67. The number of rotatable bonds is 3. The minimum Gasteiger partial charge on any atom is -0.344 e. The molecular weight excluding hydrogens is 246 g/mol. The average Bonchev–Trinajstić information content (AvgIpc) is 2.95. The van der Waals surface area contributed by atoms with Gasteiger partial charge in [-0.25, -0.2) is 9.50 Å². The summed E-state index contributed by atoms with van der Waals surface area (Å²) in [5.74, 6) is 0.628. The van der Waals surface area contributed by atoms with Gasteiger partial charge in [0.1, 0.15) is 5.01 Å². The molecule has 3 aromatic heterocycles. The zero-order valence-corrected chi connectivity index (χ0v) is 11.0. The van der Waals surface area contributed by atoms with E-state index in [-0.39, 0.29) is 6.04 Å². The van der Waals surface area contributed by atoms with E-state index in [1.165, 1.54) is 0 Å². The standard InChI is InChI=1S/C12H13N5S/c1-8-3-4-10-15-12(16-17(10)7-8)14-9(2)11-13-5-6-18-11/h3-7,9H,1-2H3,(H,14,16). The number of nitrogens with zero attached hydrogens (tertiary/aromatic N) is 4. The van der Waals surface area contributed by atoms with E-state index in [1.54, 1.807) is 22.0 Å². The van der Waals surface area contributed by atoms with Crippen molar-refractivity contribution in [1.29, 1.82) is 0 Å². The third-order valence-corrected chi connectivity index (χ3v) is 3.60. The largest absolute Gasteiger partial charge is 0.344 e. The van der Waals surface area contributed by atoms with Crippen molar-refractivity contribution in [2.45, 2.75) is 19.9 Å². The molecule has 0 aliphatic rings. The maximum atomic E-state index is 4.42. The van der Waals surface area contributed by atoms with Crippen LogP contribution in [0.3, 0.4) is 0 Å². The molecule has 0 amide bonds. The van der Waals surface area contributed by atoms with Gasteiger partial charge in [0.15, 0.2) is 5.65 Å². The van der Waals surface area contributed by atoms with E-state index in [2.05, 4.69) is 27.3 Å². The maximum absolute atomic E-state index is 4.42. The maximum Gasteiger partial charge on any atom is 0.243 e. The van der Waals surface area contributed by atoms with Gasteiger partial charge in [-0.1, -0.05) is 6.07 Å². The van der Waals surface area contributed by atoms with Gasteiger partial charge < -0.3 is 5.32 Å². The molecule has 0 aromatic carbocycles. The van der Waals surface area contributed by atoms with Gasteiger partial charge in [0.05, 0.1) is 6.04 Å². The number of nitrogens with one attached hydrogen (secondary N) is 1. The highest BCUT2D eigenvalue weighted by Gasteiger charge is 2.11. The van der Waals surface area contributed by atoms with Crippen LogP contribution in [0.1, 0.15) is 23.5 Å². The van der Waals surface area contributed by atoms with Gasteiger partial charge in [-0.05, 0) is 25.5 Å². The van der Waals surface area contributed by atoms with Crippen LogP contribution in [0.5, 0.6) is 0 Å². The molecule has 1 atom stereocenters. The van der Waals surface area contributed by atoms with E-state index >= 15 is 0 Å². The van der Waals surface area contributed by atoms with Gasteiger partial charge in [-0.3, -0.25) is 0 Å². The fourth-order valence-corrected chi connectivity index (χ4v) is 2.40. The molecular formula is C12H13N5S. The van der Waals surface area contributed by atoms with Crippen LogP contribution in [0.25, 0.3) is 5.65 Å². The molecule has 0 saturated carbocycles. The minimum atomic E-state index is 0.114. The summed E-state index contributed by atoms with van der Waals surface area (Å²) >= 11 is 1.62. The summed E-state index contributed by atoms with van der Waals surface area (Å²) in [7, 11) is 0. The van der Waals surface area contributed by atoms with Crippen molar-refractivity contribution in [2.75, 3.05) is 5.32 Å². The van der Waals surface area contributed by atoms with E-state index in [1.807, 2.05) is 30.6 Å². The molecule has 0 fully saturated rings. The number of hydrogen-bond donors (Lipinski definition) is 1. The monoisotopic (exact) mass is 259 g/mol. The molecule has 0 bridgehead atoms. The summed E-state index contributed by atoms with van der Waals surface area (Å²) in [5, 5.41) is 10.7. The first-order valence-corrected chi connectivity index (χ1v) is 6.59. The van der Waals surface area contributed by atoms with Crippen LogP contribution in [0.15, 0.2) is 29.9 Å². The van der Waals surface area contributed by atoms with E-state index in [0.29, 0.717) is 5.95 Å². The summed E-state index contributed by atoms with van der Waals surface area (Å²) in [6.07, 6.45) is 3.76. The second-order valence-electron chi connectivity index (χ2n) is 4.18. The van der Waals surface area contributed by atoms with Gasteiger partial charge in [0.2, 0.25) is 5.95 Å². The Morgan fingerprint density at radius 2 is 2.28 bits per heavy atom. The lowest BCUT2D eigenvalue weighted by Crippen LogP contribution is -2.07. The Morgan fingerprint density at radius 1 is 1.39 bits per heavy atom. The number of aromatic nitrogens is 4. The van der Waals surface area contributed by atoms with Crippen LogP contribution >= 0.6 is 11.3 Å². The summed E-state index contributed by atoms with van der Waals surface area (Å²) in [4.78, 5) is 8.70. The van der Waals surface area contributed by atoms with Crippen molar-refractivity contribution < 1.29 is 0 Å². The molecule has 0 saturated heterocycles. The van der Waals surface area contributed by atoms with Crippen LogP contribution in [0, 0.1) is 6.92 Å². The molecule has 0 aliphatic heterocycles. The van der Waals surface area contributed by atoms with Crippen molar-refractivity contribution >= 4 is 22.9 Å². The molecule has 18 heavy (non-hydrogen) atoms. The van der Waals surface area contributed by atoms with Crippen molar-refractivity contribution in [3.8, 4) is 0 Å². The number of thiazole rings is 1. The van der Waals surface area contributed by atoms with Gasteiger partial charge in [0, 0.05) is 17.8 Å². The van der Waals surface area contributed by atoms with Crippen LogP contribution in [-0.4, -0.2) is 19.6 Å². The van der Waals surface area contributed by atoms with Gasteiger partial charge >= 0.3 is 0 Å². The Balaban J connectivity index is 1.86. The van der Waals surface area contributed by atoms with Crippen molar-refractivity contribution in [1.82, 2.24) is 19.6 Å². The Morgan fingerprint density at radius 3 is 3.06 bits per heavy atom. The molecule has 92 valence electrons. The SMILES string of the molecule is Cc1ccc2nc(NC(C)c3nccs3)nn2c1. The van der Waals surface area contributed by atoms with Crippen molar-refractivity contribution in [3.05, 3.63) is 40.5 Å². The number of hydrogen-bond acceptors (Lipinski definition) is 5. The zero-order chi connectivity index (χ0) is 12.5. The summed E-state index contributed by atoms with van der Waals surface area (Å²) in [5.41, 5.74) is 2.00. The summed E-state index contributed by atoms with van der Waals surface area (Å²) < 4.78 is 1.78. The van der Waals surface area contributed by atoms with Crippen molar-refractivity contribution in [2.24, 2.45) is 0 Å². The molecule has 0 spiro atoms. The number of fused-ring (bicyclic) bond motifs is 1.